The number of urea groups is 1. The van der Waals surface area contributed by atoms with Gasteiger partial charge in [-0.3, -0.25) is 4.79 Å². The number of hydrogen-bond acceptors (Lipinski definition) is 2. The van der Waals surface area contributed by atoms with Crippen LogP contribution in [0.25, 0.3) is 0 Å². The van der Waals surface area contributed by atoms with Gasteiger partial charge in [-0.05, 0) is 37.3 Å². The Morgan fingerprint density at radius 1 is 1.25 bits per heavy atom. The van der Waals surface area contributed by atoms with Crippen molar-refractivity contribution in [2.75, 3.05) is 6.54 Å². The Morgan fingerprint density at radius 2 is 1.85 bits per heavy atom. The zero-order valence-corrected chi connectivity index (χ0v) is 11.6. The molecule has 1 aromatic rings. The van der Waals surface area contributed by atoms with Crippen LogP contribution in [-0.4, -0.2) is 29.2 Å². The molecule has 0 bridgehead atoms. The van der Waals surface area contributed by atoms with Crippen LogP contribution in [0.15, 0.2) is 24.3 Å². The Labute approximate surface area is 118 Å². The van der Waals surface area contributed by atoms with Gasteiger partial charge in [0.2, 0.25) is 0 Å². The molecule has 20 heavy (non-hydrogen) atoms. The van der Waals surface area contributed by atoms with Gasteiger partial charge in [0, 0.05) is 18.5 Å². The van der Waals surface area contributed by atoms with Crippen LogP contribution >= 0.6 is 0 Å². The minimum Gasteiger partial charge on any atom is -0.481 e. The Hall–Kier alpha value is -2.04. The molecule has 0 atom stereocenters. The highest BCUT2D eigenvalue weighted by Gasteiger charge is 2.33. The maximum Gasteiger partial charge on any atom is 0.315 e. The summed E-state index contributed by atoms with van der Waals surface area (Å²) in [6, 6.07) is 7.97. The molecule has 2 amide bonds. The number of rotatable bonds is 5. The Balaban J connectivity index is 1.79. The molecule has 1 aliphatic rings. The number of carbonyl (C=O) groups excluding carboxylic acids is 1. The summed E-state index contributed by atoms with van der Waals surface area (Å²) in [7, 11) is 0. The van der Waals surface area contributed by atoms with E-state index in [9.17, 15) is 9.59 Å². The van der Waals surface area contributed by atoms with Gasteiger partial charge in [0.15, 0.2) is 0 Å². The third kappa shape index (κ3) is 3.73. The van der Waals surface area contributed by atoms with Crippen LogP contribution in [0.4, 0.5) is 4.79 Å². The van der Waals surface area contributed by atoms with Crippen molar-refractivity contribution in [2.45, 2.75) is 38.1 Å². The van der Waals surface area contributed by atoms with Crippen LogP contribution in [0.5, 0.6) is 0 Å². The number of fused-ring (bicyclic) bond motifs is 1. The number of carbonyl (C=O) groups is 2. The lowest BCUT2D eigenvalue weighted by molar-refractivity contribution is -0.137. The quantitative estimate of drug-likeness (QED) is 0.716. The number of hydrogen-bond donors (Lipinski definition) is 3. The molecule has 0 aromatic heterocycles. The second-order valence-electron chi connectivity index (χ2n) is 5.56. The SMILES string of the molecule is CC1(NC(=O)NCCCC(=O)O)Cc2ccccc2C1. The minimum absolute atomic E-state index is 0.0724. The summed E-state index contributed by atoms with van der Waals surface area (Å²) >= 11 is 0. The fraction of sp³-hybridized carbons (Fsp3) is 0.467. The first-order valence-electron chi connectivity index (χ1n) is 6.83. The normalized spacial score (nSPS) is 15.4. The van der Waals surface area contributed by atoms with Crippen LogP contribution in [0, 0.1) is 0 Å². The van der Waals surface area contributed by atoms with E-state index in [0.717, 1.165) is 12.8 Å². The smallest absolute Gasteiger partial charge is 0.315 e. The molecular formula is C15H20N2O3. The minimum atomic E-state index is -0.842. The van der Waals surface area contributed by atoms with Crippen molar-refractivity contribution in [2.24, 2.45) is 0 Å². The van der Waals surface area contributed by atoms with Gasteiger partial charge < -0.3 is 15.7 Å². The zero-order valence-electron chi connectivity index (χ0n) is 11.6. The van der Waals surface area contributed by atoms with Crippen LogP contribution in [0.2, 0.25) is 0 Å². The van der Waals surface area contributed by atoms with Gasteiger partial charge in [0.05, 0.1) is 0 Å². The largest absolute Gasteiger partial charge is 0.481 e. The lowest BCUT2D eigenvalue weighted by atomic mass is 9.99. The van der Waals surface area contributed by atoms with Crippen LogP contribution in [0.1, 0.15) is 30.9 Å². The van der Waals surface area contributed by atoms with E-state index in [1.54, 1.807) is 0 Å². The summed E-state index contributed by atoms with van der Waals surface area (Å²) in [6.45, 7) is 2.41. The second kappa shape index (κ2) is 5.94. The standard InChI is InChI=1S/C15H20N2O3/c1-15(9-11-5-2-3-6-12(11)10-15)17-14(20)16-8-4-7-13(18)19/h2-3,5-6H,4,7-10H2,1H3,(H,18,19)(H2,16,17,20). The van der Waals surface area contributed by atoms with E-state index < -0.39 is 5.97 Å². The molecule has 3 N–H and O–H groups in total. The maximum absolute atomic E-state index is 11.8. The topological polar surface area (TPSA) is 78.4 Å². The molecule has 5 heteroatoms. The second-order valence-corrected chi connectivity index (χ2v) is 5.56. The van der Waals surface area contributed by atoms with Gasteiger partial charge in [-0.1, -0.05) is 24.3 Å². The molecule has 0 fully saturated rings. The Bertz CT molecular complexity index is 489. The van der Waals surface area contributed by atoms with Crippen molar-refractivity contribution >= 4 is 12.0 Å². The predicted octanol–water partition coefficient (Wildman–Crippen LogP) is 1.71. The molecule has 108 valence electrons. The third-order valence-corrected chi connectivity index (χ3v) is 3.55. The van der Waals surface area contributed by atoms with E-state index in [-0.39, 0.29) is 18.0 Å². The maximum atomic E-state index is 11.8. The summed E-state index contributed by atoms with van der Waals surface area (Å²) in [6.07, 6.45) is 2.17. The summed E-state index contributed by atoms with van der Waals surface area (Å²) in [4.78, 5) is 22.2. The first-order valence-corrected chi connectivity index (χ1v) is 6.83. The molecule has 0 unspecified atom stereocenters. The third-order valence-electron chi connectivity index (χ3n) is 3.55. The summed E-state index contributed by atoms with van der Waals surface area (Å²) in [5, 5.41) is 14.2. The molecule has 0 heterocycles. The van der Waals surface area contributed by atoms with Crippen LogP contribution in [0.3, 0.4) is 0 Å². The predicted molar refractivity (Wildman–Crippen MR) is 75.7 cm³/mol. The number of benzene rings is 1. The van der Waals surface area contributed by atoms with Crippen molar-refractivity contribution in [3.63, 3.8) is 0 Å². The lowest BCUT2D eigenvalue weighted by Gasteiger charge is -2.25. The van der Waals surface area contributed by atoms with Crippen molar-refractivity contribution in [3.8, 4) is 0 Å². The Morgan fingerprint density at radius 3 is 2.40 bits per heavy atom. The first kappa shape index (κ1) is 14.4. The van der Waals surface area contributed by atoms with E-state index >= 15 is 0 Å². The molecule has 1 aliphatic carbocycles. The molecular weight excluding hydrogens is 256 g/mol. The Kier molecular flexibility index (Phi) is 4.27. The molecule has 0 saturated heterocycles. The van der Waals surface area contributed by atoms with Crippen molar-refractivity contribution in [1.29, 1.82) is 0 Å². The van der Waals surface area contributed by atoms with Gasteiger partial charge in [-0.2, -0.15) is 0 Å². The van der Waals surface area contributed by atoms with Gasteiger partial charge in [-0.15, -0.1) is 0 Å². The van der Waals surface area contributed by atoms with E-state index in [1.165, 1.54) is 11.1 Å². The van der Waals surface area contributed by atoms with E-state index in [4.69, 9.17) is 5.11 Å². The molecule has 0 spiro atoms. The van der Waals surface area contributed by atoms with Gasteiger partial charge in [0.1, 0.15) is 0 Å². The van der Waals surface area contributed by atoms with Crippen LogP contribution < -0.4 is 10.6 Å². The number of carboxylic acids is 1. The van der Waals surface area contributed by atoms with E-state index in [1.807, 2.05) is 19.1 Å². The number of nitrogens with one attached hydrogen (secondary N) is 2. The molecule has 5 nitrogen and oxygen atoms in total. The fourth-order valence-electron chi connectivity index (χ4n) is 2.65. The molecule has 2 rings (SSSR count). The van der Waals surface area contributed by atoms with Crippen LogP contribution in [-0.2, 0) is 17.6 Å². The monoisotopic (exact) mass is 276 g/mol. The van der Waals surface area contributed by atoms with Gasteiger partial charge >= 0.3 is 12.0 Å². The zero-order chi connectivity index (χ0) is 14.6. The first-order chi connectivity index (χ1) is 9.48. The number of amides is 2. The van der Waals surface area contributed by atoms with Crippen molar-refractivity contribution < 1.29 is 14.7 Å². The van der Waals surface area contributed by atoms with Crippen molar-refractivity contribution in [1.82, 2.24) is 10.6 Å². The highest BCUT2D eigenvalue weighted by molar-refractivity contribution is 5.75. The lowest BCUT2D eigenvalue weighted by Crippen LogP contribution is -2.51. The summed E-state index contributed by atoms with van der Waals surface area (Å²) < 4.78 is 0. The van der Waals surface area contributed by atoms with Crippen molar-refractivity contribution in [3.05, 3.63) is 35.4 Å². The fourth-order valence-corrected chi connectivity index (χ4v) is 2.65. The average Bonchev–Trinajstić information content (AvgIpc) is 2.69. The van der Waals surface area contributed by atoms with Gasteiger partial charge in [-0.25, -0.2) is 4.79 Å². The highest BCUT2D eigenvalue weighted by atomic mass is 16.4. The molecule has 0 saturated carbocycles. The number of aliphatic carboxylic acids is 1. The molecule has 0 radical (unpaired) electrons. The average molecular weight is 276 g/mol. The van der Waals surface area contributed by atoms with Gasteiger partial charge in [0.25, 0.3) is 0 Å². The van der Waals surface area contributed by atoms with E-state index in [0.29, 0.717) is 13.0 Å². The molecule has 0 aliphatic heterocycles. The van der Waals surface area contributed by atoms with E-state index in [2.05, 4.69) is 22.8 Å². The number of carboxylic acid groups (broad SMARTS) is 1. The summed E-state index contributed by atoms with van der Waals surface area (Å²) in [5.41, 5.74) is 2.29. The molecule has 1 aromatic carbocycles. The highest BCUT2D eigenvalue weighted by Crippen LogP contribution is 2.29. The summed E-state index contributed by atoms with van der Waals surface area (Å²) in [5.74, 6) is -0.842.